The van der Waals surface area contributed by atoms with Crippen molar-refractivity contribution in [2.45, 2.75) is 0 Å². The fraction of sp³-hybridized carbons (Fsp3) is 0.217. The predicted molar refractivity (Wildman–Crippen MR) is 113 cm³/mol. The number of carbonyl (C=O) groups is 1. The van der Waals surface area contributed by atoms with E-state index < -0.39 is 0 Å². The van der Waals surface area contributed by atoms with Crippen molar-refractivity contribution in [3.05, 3.63) is 88.8 Å². The molecule has 1 aliphatic rings. The van der Waals surface area contributed by atoms with Gasteiger partial charge >= 0.3 is 0 Å². The highest BCUT2D eigenvalue weighted by Gasteiger charge is 2.23. The van der Waals surface area contributed by atoms with Crippen LogP contribution < -0.4 is 15.2 Å². The lowest BCUT2D eigenvalue weighted by atomic mass is 10.2. The summed E-state index contributed by atoms with van der Waals surface area (Å²) in [7, 11) is 1.65. The summed E-state index contributed by atoms with van der Waals surface area (Å²) in [5.41, 5.74) is 2.23. The molecular formula is C23H23N3O3. The van der Waals surface area contributed by atoms with Gasteiger partial charge in [-0.15, -0.1) is 0 Å². The number of carbonyl (C=O) groups excluding carboxylic acids is 1. The average Bonchev–Trinajstić information content (AvgIpc) is 2.80. The molecule has 29 heavy (non-hydrogen) atoms. The van der Waals surface area contributed by atoms with E-state index in [0.717, 1.165) is 30.2 Å². The van der Waals surface area contributed by atoms with Gasteiger partial charge in [0.2, 0.25) is 0 Å². The number of hydrogen-bond donors (Lipinski definition) is 0. The molecule has 2 aromatic carbocycles. The van der Waals surface area contributed by atoms with Gasteiger partial charge < -0.3 is 14.5 Å². The number of amides is 1. The number of benzene rings is 2. The highest BCUT2D eigenvalue weighted by molar-refractivity contribution is 5.94. The number of aromatic nitrogens is 1. The largest absolute Gasteiger partial charge is 0.497 e. The fourth-order valence-corrected chi connectivity index (χ4v) is 3.55. The van der Waals surface area contributed by atoms with Gasteiger partial charge in [-0.2, -0.15) is 0 Å². The Morgan fingerprint density at radius 3 is 2.17 bits per heavy atom. The van der Waals surface area contributed by atoms with Gasteiger partial charge in [0.15, 0.2) is 0 Å². The molecule has 6 heteroatoms. The molecule has 0 radical (unpaired) electrons. The molecule has 1 amide bonds. The summed E-state index contributed by atoms with van der Waals surface area (Å²) in [5.74, 6) is 0.778. The number of hydrogen-bond acceptors (Lipinski definition) is 4. The lowest BCUT2D eigenvalue weighted by Crippen LogP contribution is -2.49. The SMILES string of the molecule is COc1ccc(N2CCN(C(=O)c3ccc(=O)n(-c4ccccc4)c3)CC2)cc1. The summed E-state index contributed by atoms with van der Waals surface area (Å²) in [5, 5.41) is 0. The molecule has 4 rings (SSSR count). The van der Waals surface area contributed by atoms with Gasteiger partial charge in [-0.1, -0.05) is 18.2 Å². The third-order valence-electron chi connectivity index (χ3n) is 5.20. The minimum atomic E-state index is -0.155. The monoisotopic (exact) mass is 389 g/mol. The first-order valence-corrected chi connectivity index (χ1v) is 9.62. The number of methoxy groups -OCH3 is 1. The molecular weight excluding hydrogens is 366 g/mol. The average molecular weight is 389 g/mol. The molecule has 3 aromatic rings. The lowest BCUT2D eigenvalue weighted by Gasteiger charge is -2.36. The molecule has 1 fully saturated rings. The van der Waals surface area contributed by atoms with Crippen LogP contribution in [0.4, 0.5) is 5.69 Å². The van der Waals surface area contributed by atoms with E-state index in [2.05, 4.69) is 4.90 Å². The lowest BCUT2D eigenvalue weighted by molar-refractivity contribution is 0.0746. The number of pyridine rings is 1. The summed E-state index contributed by atoms with van der Waals surface area (Å²) in [4.78, 5) is 29.3. The second kappa shape index (κ2) is 8.22. The quantitative estimate of drug-likeness (QED) is 0.689. The highest BCUT2D eigenvalue weighted by atomic mass is 16.5. The Morgan fingerprint density at radius 1 is 0.828 bits per heavy atom. The van der Waals surface area contributed by atoms with Crippen LogP contribution in [0.2, 0.25) is 0 Å². The molecule has 0 unspecified atom stereocenters. The summed E-state index contributed by atoms with van der Waals surface area (Å²) in [6.07, 6.45) is 1.63. The Kier molecular flexibility index (Phi) is 5.33. The normalized spacial score (nSPS) is 14.0. The van der Waals surface area contributed by atoms with Gasteiger partial charge in [0.05, 0.1) is 12.7 Å². The molecule has 1 aliphatic heterocycles. The summed E-state index contributed by atoms with van der Waals surface area (Å²) >= 11 is 0. The van der Waals surface area contributed by atoms with Gasteiger partial charge in [0, 0.05) is 49.8 Å². The number of anilines is 1. The number of ether oxygens (including phenoxy) is 1. The zero-order valence-corrected chi connectivity index (χ0v) is 16.3. The number of para-hydroxylation sites is 1. The molecule has 0 aliphatic carbocycles. The standard InChI is InChI=1S/C23H23N3O3/c1-29-21-10-8-19(9-11-21)24-13-15-25(16-14-24)23(28)18-7-12-22(27)26(17-18)20-5-3-2-4-6-20/h2-12,17H,13-16H2,1H3. The smallest absolute Gasteiger partial charge is 0.255 e. The van der Waals surface area contributed by atoms with E-state index in [1.165, 1.54) is 10.6 Å². The van der Waals surface area contributed by atoms with Crippen LogP contribution in [-0.4, -0.2) is 48.7 Å². The van der Waals surface area contributed by atoms with Crippen molar-refractivity contribution in [2.24, 2.45) is 0 Å². The first-order valence-electron chi connectivity index (χ1n) is 9.62. The van der Waals surface area contributed by atoms with E-state index in [1.54, 1.807) is 19.4 Å². The Hall–Kier alpha value is -3.54. The maximum absolute atomic E-state index is 13.0. The summed E-state index contributed by atoms with van der Waals surface area (Å²) in [6, 6.07) is 20.4. The summed E-state index contributed by atoms with van der Waals surface area (Å²) in [6.45, 7) is 2.79. The zero-order valence-electron chi connectivity index (χ0n) is 16.3. The van der Waals surface area contributed by atoms with Gasteiger partial charge in [-0.3, -0.25) is 14.2 Å². The molecule has 0 bridgehead atoms. The molecule has 0 saturated carbocycles. The van der Waals surface area contributed by atoms with Crippen molar-refractivity contribution in [3.8, 4) is 11.4 Å². The maximum atomic E-state index is 13.0. The van der Waals surface area contributed by atoms with Crippen LogP contribution in [-0.2, 0) is 0 Å². The van der Waals surface area contributed by atoms with E-state index in [9.17, 15) is 9.59 Å². The van der Waals surface area contributed by atoms with Crippen LogP contribution in [0.15, 0.2) is 77.7 Å². The van der Waals surface area contributed by atoms with Crippen LogP contribution in [0.3, 0.4) is 0 Å². The zero-order chi connectivity index (χ0) is 20.2. The van der Waals surface area contributed by atoms with Crippen LogP contribution in [0.1, 0.15) is 10.4 Å². The topological polar surface area (TPSA) is 54.8 Å². The van der Waals surface area contributed by atoms with E-state index >= 15 is 0 Å². The molecule has 6 nitrogen and oxygen atoms in total. The molecule has 1 saturated heterocycles. The fourth-order valence-electron chi connectivity index (χ4n) is 3.55. The van der Waals surface area contributed by atoms with Crippen molar-refractivity contribution in [1.29, 1.82) is 0 Å². The van der Waals surface area contributed by atoms with Crippen LogP contribution >= 0.6 is 0 Å². The molecule has 1 aromatic heterocycles. The van der Waals surface area contributed by atoms with Gasteiger partial charge in [0.25, 0.3) is 11.5 Å². The molecule has 148 valence electrons. The van der Waals surface area contributed by atoms with Crippen molar-refractivity contribution >= 4 is 11.6 Å². The second-order valence-electron chi connectivity index (χ2n) is 6.94. The van der Waals surface area contributed by atoms with Crippen LogP contribution in [0.5, 0.6) is 5.75 Å². The van der Waals surface area contributed by atoms with Crippen LogP contribution in [0, 0.1) is 0 Å². The van der Waals surface area contributed by atoms with Crippen molar-refractivity contribution in [2.75, 3.05) is 38.2 Å². The van der Waals surface area contributed by atoms with Gasteiger partial charge in [0.1, 0.15) is 5.75 Å². The Morgan fingerprint density at radius 2 is 1.52 bits per heavy atom. The van der Waals surface area contributed by atoms with E-state index in [1.807, 2.05) is 59.5 Å². The van der Waals surface area contributed by atoms with E-state index in [-0.39, 0.29) is 11.5 Å². The predicted octanol–water partition coefficient (Wildman–Crippen LogP) is 2.81. The minimum Gasteiger partial charge on any atom is -0.497 e. The van der Waals surface area contributed by atoms with Gasteiger partial charge in [-0.25, -0.2) is 0 Å². The van der Waals surface area contributed by atoms with Gasteiger partial charge in [-0.05, 0) is 42.5 Å². The number of piperazine rings is 1. The molecule has 0 atom stereocenters. The molecule has 0 N–H and O–H groups in total. The van der Waals surface area contributed by atoms with Crippen molar-refractivity contribution < 1.29 is 9.53 Å². The maximum Gasteiger partial charge on any atom is 0.255 e. The van der Waals surface area contributed by atoms with E-state index in [4.69, 9.17) is 4.74 Å². The summed E-state index contributed by atoms with van der Waals surface area (Å²) < 4.78 is 6.72. The van der Waals surface area contributed by atoms with Crippen LogP contribution in [0.25, 0.3) is 5.69 Å². The minimum absolute atomic E-state index is 0.0518. The Balaban J connectivity index is 1.46. The Labute approximate surface area is 169 Å². The molecule has 0 spiro atoms. The number of nitrogens with zero attached hydrogens (tertiary/aromatic N) is 3. The Bertz CT molecular complexity index is 1040. The number of rotatable bonds is 4. The van der Waals surface area contributed by atoms with Crippen molar-refractivity contribution in [3.63, 3.8) is 0 Å². The first kappa shape index (κ1) is 18.8. The first-order chi connectivity index (χ1) is 14.2. The third kappa shape index (κ3) is 4.01. The van der Waals surface area contributed by atoms with E-state index in [0.29, 0.717) is 18.7 Å². The van der Waals surface area contributed by atoms with Crippen molar-refractivity contribution in [1.82, 2.24) is 9.47 Å². The molecule has 2 heterocycles. The highest BCUT2D eigenvalue weighted by Crippen LogP contribution is 2.21. The third-order valence-corrected chi connectivity index (χ3v) is 5.20. The second-order valence-corrected chi connectivity index (χ2v) is 6.94.